The molecule has 0 radical (unpaired) electrons. The zero-order chi connectivity index (χ0) is 37.5. The van der Waals surface area contributed by atoms with Crippen molar-refractivity contribution in [1.29, 1.82) is 0 Å². The standard InChI is InChI=1S/C36H56N4O8P4/c1-9-26-41-49(42-27-10-2)37-50(43-28-11-3,44-29-12-4)39-52(47-35-24-18-15-21-32(35)7,48-36-25-19-16-22-33(36)8)40-51(38-49,45-30-13-5)46-34-23-17-14-20-31(34)6/h14-25H,9-13,26-30H2,1-8H3. The average molecular weight is 797 g/mol. The third kappa shape index (κ3) is 11.6. The lowest BCUT2D eigenvalue weighted by molar-refractivity contribution is 0.228. The number of rotatable bonds is 21. The largest absolute Gasteiger partial charge is 0.458 e. The van der Waals surface area contributed by atoms with Crippen LogP contribution in [0.5, 0.6) is 17.2 Å². The first-order valence-electron chi connectivity index (χ1n) is 18.1. The summed E-state index contributed by atoms with van der Waals surface area (Å²) < 4.78 is 75.8. The molecule has 12 nitrogen and oxygen atoms in total. The molecule has 0 fully saturated rings. The minimum absolute atomic E-state index is 0.252. The Labute approximate surface area is 311 Å². The van der Waals surface area contributed by atoms with Crippen LogP contribution >= 0.6 is 30.6 Å². The van der Waals surface area contributed by atoms with Crippen molar-refractivity contribution in [2.75, 3.05) is 33.0 Å². The lowest BCUT2D eigenvalue weighted by atomic mass is 10.2. The van der Waals surface area contributed by atoms with Gasteiger partial charge >= 0.3 is 30.6 Å². The van der Waals surface area contributed by atoms with Gasteiger partial charge in [0.2, 0.25) is 0 Å². The fourth-order valence-corrected chi connectivity index (χ4v) is 17.6. The number of hydrogen-bond donors (Lipinski definition) is 0. The minimum Gasteiger partial charge on any atom is -0.422 e. The van der Waals surface area contributed by atoms with E-state index in [1.165, 1.54) is 0 Å². The molecule has 0 saturated carbocycles. The van der Waals surface area contributed by atoms with Gasteiger partial charge in [-0.2, -0.15) is 0 Å². The molecule has 3 aromatic rings. The molecule has 1 atom stereocenters. The van der Waals surface area contributed by atoms with Crippen LogP contribution in [0, 0.1) is 20.8 Å². The highest BCUT2D eigenvalue weighted by Crippen LogP contribution is 2.80. The summed E-state index contributed by atoms with van der Waals surface area (Å²) >= 11 is 0. The Morgan fingerprint density at radius 1 is 0.365 bits per heavy atom. The van der Waals surface area contributed by atoms with Crippen LogP contribution in [0.1, 0.15) is 83.4 Å². The molecule has 0 N–H and O–H groups in total. The Kier molecular flexibility index (Phi) is 16.7. The lowest BCUT2D eigenvalue weighted by Crippen LogP contribution is -2.09. The molecule has 3 aromatic carbocycles. The lowest BCUT2D eigenvalue weighted by Gasteiger charge is -2.33. The zero-order valence-electron chi connectivity index (χ0n) is 31.8. The Bertz CT molecular complexity index is 1760. The summed E-state index contributed by atoms with van der Waals surface area (Å²) in [4.78, 5) is 0. The summed E-state index contributed by atoms with van der Waals surface area (Å²) in [6.07, 6.45) is 3.34. The van der Waals surface area contributed by atoms with Crippen molar-refractivity contribution in [2.45, 2.75) is 87.5 Å². The van der Waals surface area contributed by atoms with Crippen molar-refractivity contribution < 1.29 is 36.2 Å². The maximum Gasteiger partial charge on any atom is 0.458 e. The zero-order valence-corrected chi connectivity index (χ0v) is 35.4. The molecule has 0 aliphatic carbocycles. The van der Waals surface area contributed by atoms with Crippen molar-refractivity contribution in [3.63, 3.8) is 0 Å². The molecule has 0 saturated heterocycles. The molecule has 1 unspecified atom stereocenters. The fraction of sp³-hybridized carbons (Fsp3) is 0.500. The van der Waals surface area contributed by atoms with Crippen molar-refractivity contribution in [3.05, 3.63) is 89.5 Å². The fourth-order valence-electron chi connectivity index (χ4n) is 4.54. The smallest absolute Gasteiger partial charge is 0.422 e. The molecule has 1 aliphatic rings. The van der Waals surface area contributed by atoms with E-state index < -0.39 is 30.6 Å². The molecule has 52 heavy (non-hydrogen) atoms. The predicted octanol–water partition coefficient (Wildman–Crippen LogP) is 14.1. The van der Waals surface area contributed by atoms with Gasteiger partial charge in [-0.25, -0.2) is 0 Å². The van der Waals surface area contributed by atoms with Gasteiger partial charge in [0.15, 0.2) is 0 Å². The summed E-state index contributed by atoms with van der Waals surface area (Å²) in [6, 6.07) is 22.9. The van der Waals surface area contributed by atoms with Crippen LogP contribution in [0.2, 0.25) is 0 Å². The normalized spacial score (nSPS) is 18.8. The van der Waals surface area contributed by atoms with Gasteiger partial charge in [0.05, 0.1) is 33.0 Å². The van der Waals surface area contributed by atoms with Gasteiger partial charge in [-0.3, -0.25) is 4.52 Å². The van der Waals surface area contributed by atoms with E-state index in [0.717, 1.165) is 16.7 Å². The average Bonchev–Trinajstić information content (AvgIpc) is 3.13. The van der Waals surface area contributed by atoms with Gasteiger partial charge in [-0.15, -0.1) is 18.1 Å². The van der Waals surface area contributed by atoms with E-state index in [-0.39, 0.29) is 19.8 Å². The van der Waals surface area contributed by atoms with Gasteiger partial charge in [-0.1, -0.05) is 89.2 Å². The summed E-state index contributed by atoms with van der Waals surface area (Å²) in [5.41, 5.74) is 2.56. The quantitative estimate of drug-likeness (QED) is 0.0976. The van der Waals surface area contributed by atoms with Gasteiger partial charge in [0.25, 0.3) is 0 Å². The van der Waals surface area contributed by atoms with Gasteiger partial charge in [-0.05, 0) is 87.8 Å². The molecule has 0 bridgehead atoms. The van der Waals surface area contributed by atoms with Crippen LogP contribution in [-0.2, 0) is 22.6 Å². The molecule has 0 amide bonds. The highest BCUT2D eigenvalue weighted by molar-refractivity contribution is 7.78. The van der Waals surface area contributed by atoms with Crippen LogP contribution in [0.3, 0.4) is 0 Å². The van der Waals surface area contributed by atoms with Crippen molar-refractivity contribution in [2.24, 2.45) is 18.1 Å². The Balaban J connectivity index is 2.29. The summed E-state index contributed by atoms with van der Waals surface area (Å²) in [5, 5.41) is 0. The summed E-state index contributed by atoms with van der Waals surface area (Å²) in [5.74, 6) is 1.55. The third-order valence-corrected chi connectivity index (χ3v) is 18.3. The first-order valence-corrected chi connectivity index (χ1v) is 24.3. The summed E-state index contributed by atoms with van der Waals surface area (Å²) in [6.45, 7) is 17.3. The SMILES string of the molecule is CCCOP1(OCCC)=NP(OCCC)(OCCC)=NP(OCCC)(Oc2ccccc2C)=NP(Oc2ccccc2C)(Oc2ccccc2C)=N1. The van der Waals surface area contributed by atoms with E-state index in [9.17, 15) is 0 Å². The highest BCUT2D eigenvalue weighted by atomic mass is 31.3. The Morgan fingerprint density at radius 3 is 0.942 bits per heavy atom. The van der Waals surface area contributed by atoms with E-state index in [4.69, 9.17) is 54.3 Å². The van der Waals surface area contributed by atoms with Crippen LogP contribution in [0.25, 0.3) is 0 Å². The molecule has 0 aromatic heterocycles. The maximum absolute atomic E-state index is 7.02. The highest BCUT2D eigenvalue weighted by Gasteiger charge is 2.46. The molecule has 16 heteroatoms. The number of para-hydroxylation sites is 3. The molecular formula is C36H56N4O8P4. The maximum atomic E-state index is 7.02. The van der Waals surface area contributed by atoms with Crippen LogP contribution in [-0.4, -0.2) is 33.0 Å². The van der Waals surface area contributed by atoms with Gasteiger partial charge in [0, 0.05) is 0 Å². The van der Waals surface area contributed by atoms with E-state index in [1.54, 1.807) is 0 Å². The predicted molar refractivity (Wildman–Crippen MR) is 214 cm³/mol. The number of nitrogens with zero attached hydrogens (tertiary/aromatic N) is 4. The first-order chi connectivity index (χ1) is 25.1. The number of benzene rings is 3. The van der Waals surface area contributed by atoms with E-state index >= 15 is 0 Å². The monoisotopic (exact) mass is 796 g/mol. The van der Waals surface area contributed by atoms with E-state index in [1.807, 2.05) is 128 Å². The Hall–Kier alpha value is -2.22. The molecule has 1 heterocycles. The molecule has 4 rings (SSSR count). The van der Waals surface area contributed by atoms with Gasteiger partial charge in [0.1, 0.15) is 17.2 Å². The van der Waals surface area contributed by atoms with Crippen LogP contribution < -0.4 is 13.6 Å². The van der Waals surface area contributed by atoms with E-state index in [2.05, 4.69) is 0 Å². The third-order valence-electron chi connectivity index (χ3n) is 7.15. The molecule has 0 spiro atoms. The van der Waals surface area contributed by atoms with Crippen LogP contribution in [0.15, 0.2) is 90.9 Å². The van der Waals surface area contributed by atoms with Crippen LogP contribution in [0.4, 0.5) is 0 Å². The van der Waals surface area contributed by atoms with Crippen molar-refractivity contribution in [1.82, 2.24) is 0 Å². The number of aryl methyl sites for hydroxylation is 3. The number of hydrogen-bond acceptors (Lipinski definition) is 12. The Morgan fingerprint density at radius 2 is 0.615 bits per heavy atom. The second-order valence-corrected chi connectivity index (χ2v) is 20.7. The first kappa shape index (κ1) is 42.5. The second kappa shape index (κ2) is 20.5. The van der Waals surface area contributed by atoms with Gasteiger partial charge < -0.3 is 31.7 Å². The topological polar surface area (TPSA) is 123 Å². The summed E-state index contributed by atoms with van der Waals surface area (Å²) in [7, 11) is -15.3. The minimum atomic E-state index is -4.02. The second-order valence-electron chi connectivity index (χ2n) is 12.1. The van der Waals surface area contributed by atoms with Crippen molar-refractivity contribution in [3.8, 4) is 17.2 Å². The van der Waals surface area contributed by atoms with E-state index in [0.29, 0.717) is 62.6 Å². The molecular weight excluding hydrogens is 740 g/mol. The van der Waals surface area contributed by atoms with Crippen molar-refractivity contribution >= 4 is 30.6 Å². The molecule has 288 valence electrons. The molecule has 1 aliphatic heterocycles.